The molecule has 1 amide bonds. The van der Waals surface area contributed by atoms with Gasteiger partial charge >= 0.3 is 0 Å². The third-order valence-electron chi connectivity index (χ3n) is 5.59. The van der Waals surface area contributed by atoms with Crippen LogP contribution in [-0.4, -0.2) is 46.4 Å². The van der Waals surface area contributed by atoms with E-state index < -0.39 is 5.91 Å². The first kappa shape index (κ1) is 20.9. The Hall–Kier alpha value is -2.86. The number of aliphatic imine (C=N–C) groups is 1. The van der Waals surface area contributed by atoms with Crippen LogP contribution in [0, 0.1) is 5.92 Å². The van der Waals surface area contributed by atoms with Gasteiger partial charge in [-0.05, 0) is 60.7 Å². The smallest absolute Gasteiger partial charge is 0.252 e. The third kappa shape index (κ3) is 4.43. The first-order chi connectivity index (χ1) is 14.0. The second-order valence-electron chi connectivity index (χ2n) is 7.55. The highest BCUT2D eigenvalue weighted by molar-refractivity contribution is 6.05. The second kappa shape index (κ2) is 9.09. The van der Waals surface area contributed by atoms with Crippen LogP contribution in [0.4, 0.5) is 17.1 Å². The molecule has 0 fully saturated rings. The number of hydrogen-bond donors (Lipinski definition) is 3. The molecule has 4 N–H and O–H groups in total. The molecule has 6 nitrogen and oxygen atoms in total. The maximum Gasteiger partial charge on any atom is 0.252 e. The van der Waals surface area contributed by atoms with Crippen LogP contribution >= 0.6 is 0 Å². The fourth-order valence-corrected chi connectivity index (χ4v) is 3.76. The fraction of sp³-hybridized carbons (Fsp3) is 0.391. The van der Waals surface area contributed by atoms with Crippen molar-refractivity contribution in [2.75, 3.05) is 44.4 Å². The summed E-state index contributed by atoms with van der Waals surface area (Å²) in [6.07, 6.45) is 4.21. The van der Waals surface area contributed by atoms with E-state index >= 15 is 0 Å². The number of nitrogens with one attached hydrogen (secondary N) is 2. The molecular formula is C23H31N5O. The number of carbonyl (C=O) groups excluding carboxylic acids is 1. The van der Waals surface area contributed by atoms with Crippen molar-refractivity contribution in [3.63, 3.8) is 0 Å². The molecule has 0 aromatic heterocycles. The minimum atomic E-state index is -0.437. The number of primary amides is 1. The molecule has 0 aliphatic carbocycles. The zero-order valence-corrected chi connectivity index (χ0v) is 17.7. The second-order valence-corrected chi connectivity index (χ2v) is 7.55. The average Bonchev–Trinajstić information content (AvgIpc) is 2.75. The molecule has 0 saturated carbocycles. The first-order valence-corrected chi connectivity index (χ1v) is 10.2. The van der Waals surface area contributed by atoms with Crippen LogP contribution in [-0.2, 0) is 6.42 Å². The van der Waals surface area contributed by atoms with Gasteiger partial charge in [0.25, 0.3) is 5.91 Å². The van der Waals surface area contributed by atoms with E-state index in [9.17, 15) is 4.79 Å². The maximum absolute atomic E-state index is 12.2. The van der Waals surface area contributed by atoms with Gasteiger partial charge in [0.1, 0.15) is 0 Å². The largest absolute Gasteiger partial charge is 0.387 e. The van der Waals surface area contributed by atoms with Gasteiger partial charge in [0, 0.05) is 39.1 Å². The molecule has 0 unspecified atom stereocenters. The number of rotatable bonds is 8. The van der Waals surface area contributed by atoms with Crippen LogP contribution in [0.2, 0.25) is 0 Å². The molecule has 1 atom stereocenters. The van der Waals surface area contributed by atoms with Crippen LogP contribution in [0.3, 0.4) is 0 Å². The summed E-state index contributed by atoms with van der Waals surface area (Å²) in [7, 11) is 5.70. The average molecular weight is 394 g/mol. The van der Waals surface area contributed by atoms with Gasteiger partial charge < -0.3 is 21.3 Å². The minimum absolute atomic E-state index is 0.437. The molecule has 3 rings (SSSR count). The van der Waals surface area contributed by atoms with Gasteiger partial charge in [-0.3, -0.25) is 9.79 Å². The Bertz CT molecular complexity index is 922. The third-order valence-corrected chi connectivity index (χ3v) is 5.59. The van der Waals surface area contributed by atoms with E-state index in [1.165, 1.54) is 5.56 Å². The summed E-state index contributed by atoms with van der Waals surface area (Å²) in [5, 5.41) is 6.29. The first-order valence-electron chi connectivity index (χ1n) is 10.2. The number of carbonyl (C=O) groups is 1. The number of benzene rings is 2. The molecule has 1 heterocycles. The highest BCUT2D eigenvalue weighted by Crippen LogP contribution is 2.37. The van der Waals surface area contributed by atoms with Crippen LogP contribution in [0.15, 0.2) is 35.3 Å². The normalized spacial score (nSPS) is 15.1. The zero-order chi connectivity index (χ0) is 21.0. The fourth-order valence-electron chi connectivity index (χ4n) is 3.76. The van der Waals surface area contributed by atoms with Crippen molar-refractivity contribution in [3.05, 3.63) is 41.5 Å². The van der Waals surface area contributed by atoms with Crippen molar-refractivity contribution in [2.24, 2.45) is 16.6 Å². The highest BCUT2D eigenvalue weighted by atomic mass is 16.1. The van der Waals surface area contributed by atoms with Crippen LogP contribution in [0.1, 0.15) is 29.3 Å². The number of hydrogen-bond acceptors (Lipinski definition) is 5. The SMILES string of the molecule is CC[C@@H]1C=Nc2cc(-c3cc(NC)c(C(N)=O)c(N(C)CCNC)c3)ccc2C1. The molecule has 1 aliphatic rings. The molecule has 6 heteroatoms. The Balaban J connectivity index is 2.07. The Morgan fingerprint density at radius 1 is 1.24 bits per heavy atom. The molecule has 154 valence electrons. The van der Waals surface area contributed by atoms with Gasteiger partial charge in [-0.2, -0.15) is 0 Å². The lowest BCUT2D eigenvalue weighted by atomic mass is 9.91. The van der Waals surface area contributed by atoms with Crippen LogP contribution in [0.25, 0.3) is 11.1 Å². The van der Waals surface area contributed by atoms with E-state index in [0.29, 0.717) is 11.5 Å². The van der Waals surface area contributed by atoms with Crippen molar-refractivity contribution >= 4 is 29.2 Å². The molecule has 0 bridgehead atoms. The Kier molecular flexibility index (Phi) is 6.54. The summed E-state index contributed by atoms with van der Waals surface area (Å²) < 4.78 is 0. The number of likely N-dealkylation sites (N-methyl/N-ethyl adjacent to an activating group) is 2. The Labute approximate surface area is 173 Å². The van der Waals surface area contributed by atoms with E-state index in [1.807, 2.05) is 33.3 Å². The molecule has 0 saturated heterocycles. The van der Waals surface area contributed by atoms with E-state index in [2.05, 4.69) is 51.9 Å². The van der Waals surface area contributed by atoms with Gasteiger partial charge in [0.15, 0.2) is 0 Å². The number of anilines is 2. The summed E-state index contributed by atoms with van der Waals surface area (Å²) >= 11 is 0. The number of nitrogens with two attached hydrogens (primary N) is 1. The molecule has 0 radical (unpaired) electrons. The summed E-state index contributed by atoms with van der Waals surface area (Å²) in [6, 6.07) is 10.5. The van der Waals surface area contributed by atoms with Crippen LogP contribution in [0.5, 0.6) is 0 Å². The molecule has 1 aliphatic heterocycles. The lowest BCUT2D eigenvalue weighted by Gasteiger charge is -2.24. The summed E-state index contributed by atoms with van der Waals surface area (Å²) in [6.45, 7) is 3.76. The highest BCUT2D eigenvalue weighted by Gasteiger charge is 2.20. The maximum atomic E-state index is 12.2. The van der Waals surface area contributed by atoms with Gasteiger partial charge in [-0.25, -0.2) is 0 Å². The van der Waals surface area contributed by atoms with Crippen molar-refractivity contribution in [3.8, 4) is 11.1 Å². The summed E-state index contributed by atoms with van der Waals surface area (Å²) in [4.78, 5) is 18.9. The van der Waals surface area contributed by atoms with E-state index in [1.54, 1.807) is 0 Å². The van der Waals surface area contributed by atoms with E-state index in [-0.39, 0.29) is 0 Å². The molecule has 2 aromatic carbocycles. The van der Waals surface area contributed by atoms with Crippen molar-refractivity contribution in [1.82, 2.24) is 5.32 Å². The topological polar surface area (TPSA) is 82.7 Å². The number of amides is 1. The zero-order valence-electron chi connectivity index (χ0n) is 17.7. The molecule has 0 spiro atoms. The summed E-state index contributed by atoms with van der Waals surface area (Å²) in [5.41, 5.74) is 12.2. The van der Waals surface area contributed by atoms with Crippen LogP contribution < -0.4 is 21.3 Å². The molecule has 2 aromatic rings. The van der Waals surface area contributed by atoms with Gasteiger partial charge in [0.05, 0.1) is 16.9 Å². The number of nitrogens with zero attached hydrogens (tertiary/aromatic N) is 2. The van der Waals surface area contributed by atoms with Crippen molar-refractivity contribution in [2.45, 2.75) is 19.8 Å². The monoisotopic (exact) mass is 393 g/mol. The van der Waals surface area contributed by atoms with E-state index in [0.717, 1.165) is 54.1 Å². The van der Waals surface area contributed by atoms with Gasteiger partial charge in [-0.15, -0.1) is 0 Å². The molecular weight excluding hydrogens is 362 g/mol. The minimum Gasteiger partial charge on any atom is -0.387 e. The van der Waals surface area contributed by atoms with E-state index in [4.69, 9.17) is 5.73 Å². The number of fused-ring (bicyclic) bond motifs is 1. The predicted octanol–water partition coefficient (Wildman–Crippen LogP) is 3.43. The predicted molar refractivity (Wildman–Crippen MR) is 123 cm³/mol. The summed E-state index contributed by atoms with van der Waals surface area (Å²) in [5.74, 6) is 0.0828. The van der Waals surface area contributed by atoms with Gasteiger partial charge in [-0.1, -0.05) is 19.1 Å². The quantitative estimate of drug-likeness (QED) is 0.642. The van der Waals surface area contributed by atoms with Crippen molar-refractivity contribution < 1.29 is 4.79 Å². The van der Waals surface area contributed by atoms with Gasteiger partial charge in [0.2, 0.25) is 0 Å². The lowest BCUT2D eigenvalue weighted by molar-refractivity contribution is 0.100. The molecule has 29 heavy (non-hydrogen) atoms. The Morgan fingerprint density at radius 2 is 2.03 bits per heavy atom. The standard InChI is InChI=1S/C23H31N5O/c1-5-15-10-17-7-6-16(11-19(17)27-14-15)18-12-20(26-3)22(23(24)29)21(13-18)28(4)9-8-25-2/h6-7,11-15,25-26H,5,8-10H2,1-4H3,(H2,24,29)/t15-/m0/s1. The lowest BCUT2D eigenvalue weighted by Crippen LogP contribution is -2.29. The Morgan fingerprint density at radius 3 is 2.69 bits per heavy atom. The van der Waals surface area contributed by atoms with Crippen molar-refractivity contribution in [1.29, 1.82) is 0 Å².